The Morgan fingerprint density at radius 2 is 1.90 bits per heavy atom. The van der Waals surface area contributed by atoms with Crippen LogP contribution in [-0.2, 0) is 13.2 Å². The monoisotopic (exact) mass is 404 g/mol. The van der Waals surface area contributed by atoms with Gasteiger partial charge in [-0.1, -0.05) is 36.4 Å². The van der Waals surface area contributed by atoms with Gasteiger partial charge < -0.3 is 10.4 Å². The van der Waals surface area contributed by atoms with E-state index >= 15 is 0 Å². The highest BCUT2D eigenvalue weighted by Gasteiger charge is 2.13. The molecule has 0 saturated carbocycles. The molecule has 0 atom stereocenters. The van der Waals surface area contributed by atoms with Crippen LogP contribution >= 0.6 is 11.9 Å². The van der Waals surface area contributed by atoms with Gasteiger partial charge in [-0.3, -0.25) is 15.0 Å². The third-order valence-corrected chi connectivity index (χ3v) is 5.32. The highest BCUT2D eigenvalue weighted by molar-refractivity contribution is 7.97. The lowest BCUT2D eigenvalue weighted by molar-refractivity contribution is 0.0950. The molecule has 7 heteroatoms. The third-order valence-electron chi connectivity index (χ3n) is 4.80. The number of carbonyl (C=O) groups is 1. The number of aliphatic hydroxyl groups excluding tert-OH is 1. The molecule has 4 aromatic rings. The van der Waals surface area contributed by atoms with Crippen LogP contribution in [0.5, 0.6) is 0 Å². The van der Waals surface area contributed by atoms with Crippen molar-refractivity contribution in [1.82, 2.24) is 15.5 Å². The fourth-order valence-electron chi connectivity index (χ4n) is 3.25. The molecular weight excluding hydrogens is 384 g/mol. The second-order valence-electron chi connectivity index (χ2n) is 6.59. The van der Waals surface area contributed by atoms with E-state index in [0.717, 1.165) is 38.2 Å². The Labute approximate surface area is 172 Å². The second kappa shape index (κ2) is 8.48. The lowest BCUT2D eigenvalue weighted by atomic mass is 10.0. The van der Waals surface area contributed by atoms with Gasteiger partial charge in [-0.25, -0.2) is 0 Å². The van der Waals surface area contributed by atoms with Crippen LogP contribution < -0.4 is 10.5 Å². The first kappa shape index (κ1) is 19.2. The van der Waals surface area contributed by atoms with Crippen LogP contribution in [0.2, 0.25) is 0 Å². The van der Waals surface area contributed by atoms with Crippen molar-refractivity contribution in [3.63, 3.8) is 0 Å². The van der Waals surface area contributed by atoms with E-state index in [1.807, 2.05) is 60.7 Å². The van der Waals surface area contributed by atoms with Gasteiger partial charge in [-0.05, 0) is 53.4 Å². The fraction of sp³-hybridized carbons (Fsp3) is 0.0909. The van der Waals surface area contributed by atoms with E-state index in [4.69, 9.17) is 5.14 Å². The van der Waals surface area contributed by atoms with Crippen LogP contribution in [0.15, 0.2) is 71.6 Å². The second-order valence-corrected chi connectivity index (χ2v) is 7.29. The molecule has 0 aliphatic heterocycles. The first-order chi connectivity index (χ1) is 14.2. The molecule has 0 unspecified atom stereocenters. The Morgan fingerprint density at radius 3 is 2.69 bits per heavy atom. The predicted octanol–water partition coefficient (Wildman–Crippen LogP) is 3.62. The molecular formula is C22H20N4O2S. The average molecular weight is 404 g/mol. The summed E-state index contributed by atoms with van der Waals surface area (Å²) in [5, 5.41) is 26.3. The van der Waals surface area contributed by atoms with E-state index in [2.05, 4.69) is 15.5 Å². The summed E-state index contributed by atoms with van der Waals surface area (Å²) in [7, 11) is 0. The zero-order valence-electron chi connectivity index (χ0n) is 15.6. The lowest BCUT2D eigenvalue weighted by Gasteiger charge is -2.09. The molecule has 29 heavy (non-hydrogen) atoms. The average Bonchev–Trinajstić information content (AvgIpc) is 3.21. The molecule has 0 bridgehead atoms. The van der Waals surface area contributed by atoms with Crippen LogP contribution in [0.4, 0.5) is 0 Å². The molecule has 146 valence electrons. The highest BCUT2D eigenvalue weighted by Crippen LogP contribution is 2.29. The number of carbonyl (C=O) groups excluding carboxylic acids is 1. The maximum absolute atomic E-state index is 12.7. The van der Waals surface area contributed by atoms with Crippen LogP contribution in [0.25, 0.3) is 22.2 Å². The normalized spacial score (nSPS) is 11.0. The molecule has 0 fully saturated rings. The largest absolute Gasteiger partial charge is 0.392 e. The van der Waals surface area contributed by atoms with Crippen molar-refractivity contribution in [3.8, 4) is 11.3 Å². The molecule has 0 aliphatic rings. The van der Waals surface area contributed by atoms with Gasteiger partial charge in [0.25, 0.3) is 5.91 Å². The fourth-order valence-corrected chi connectivity index (χ4v) is 3.61. The Hall–Kier alpha value is -3.13. The van der Waals surface area contributed by atoms with E-state index in [-0.39, 0.29) is 12.5 Å². The topological polar surface area (TPSA) is 104 Å². The zero-order valence-corrected chi connectivity index (χ0v) is 16.4. The number of nitrogens with zero attached hydrogens (tertiary/aromatic N) is 1. The number of nitrogens with one attached hydrogen (secondary N) is 2. The highest BCUT2D eigenvalue weighted by atomic mass is 32.2. The van der Waals surface area contributed by atoms with Gasteiger partial charge in [0.15, 0.2) is 0 Å². The summed E-state index contributed by atoms with van der Waals surface area (Å²) in [6.07, 6.45) is 0. The molecule has 0 spiro atoms. The number of nitrogens with two attached hydrogens (primary N) is 1. The third kappa shape index (κ3) is 4.02. The van der Waals surface area contributed by atoms with Gasteiger partial charge in [-0.15, -0.1) is 0 Å². The van der Waals surface area contributed by atoms with E-state index in [9.17, 15) is 9.90 Å². The summed E-state index contributed by atoms with van der Waals surface area (Å²) in [4.78, 5) is 13.6. The van der Waals surface area contributed by atoms with E-state index in [0.29, 0.717) is 12.1 Å². The van der Waals surface area contributed by atoms with Crippen molar-refractivity contribution in [3.05, 3.63) is 83.4 Å². The number of aliphatic hydroxyl groups is 1. The summed E-state index contributed by atoms with van der Waals surface area (Å²) in [6, 6.07) is 20.8. The summed E-state index contributed by atoms with van der Waals surface area (Å²) >= 11 is 1.18. The minimum atomic E-state index is -0.182. The van der Waals surface area contributed by atoms with E-state index < -0.39 is 0 Å². The number of benzene rings is 3. The maximum Gasteiger partial charge on any atom is 0.251 e. The zero-order chi connectivity index (χ0) is 20.2. The molecule has 1 heterocycles. The SMILES string of the molecule is NSc1cccc(-c2n[nH]c3ccc(C(=O)NCc4ccccc4CO)cc23)c1. The van der Waals surface area contributed by atoms with Gasteiger partial charge >= 0.3 is 0 Å². The predicted molar refractivity (Wildman–Crippen MR) is 115 cm³/mol. The van der Waals surface area contributed by atoms with Gasteiger partial charge in [0.05, 0.1) is 17.8 Å². The van der Waals surface area contributed by atoms with E-state index in [1.165, 1.54) is 11.9 Å². The van der Waals surface area contributed by atoms with Crippen molar-refractivity contribution in [2.75, 3.05) is 0 Å². The standard InChI is InChI=1S/C22H20N4O2S/c23-29-18-7-3-6-14(10-18)21-19-11-15(8-9-20(19)25-26-21)22(28)24-12-16-4-1-2-5-17(16)13-27/h1-11,27H,12-13,23H2,(H,24,28)(H,25,26). The van der Waals surface area contributed by atoms with Crippen molar-refractivity contribution in [2.45, 2.75) is 18.0 Å². The molecule has 3 aromatic carbocycles. The summed E-state index contributed by atoms with van der Waals surface area (Å²) < 4.78 is 0. The number of hydrogen-bond acceptors (Lipinski definition) is 5. The van der Waals surface area contributed by atoms with E-state index in [1.54, 1.807) is 6.07 Å². The van der Waals surface area contributed by atoms with Crippen molar-refractivity contribution in [2.24, 2.45) is 5.14 Å². The summed E-state index contributed by atoms with van der Waals surface area (Å²) in [5.41, 5.74) is 4.80. The number of rotatable bonds is 6. The smallest absolute Gasteiger partial charge is 0.251 e. The Kier molecular flexibility index (Phi) is 5.62. The molecule has 0 radical (unpaired) electrons. The number of H-pyrrole nitrogens is 1. The Morgan fingerprint density at radius 1 is 1.07 bits per heavy atom. The molecule has 4 rings (SSSR count). The Bertz CT molecular complexity index is 1170. The number of amides is 1. The van der Waals surface area contributed by atoms with Crippen LogP contribution in [0, 0.1) is 0 Å². The minimum absolute atomic E-state index is 0.0590. The lowest BCUT2D eigenvalue weighted by Crippen LogP contribution is -2.23. The minimum Gasteiger partial charge on any atom is -0.392 e. The van der Waals surface area contributed by atoms with Gasteiger partial charge in [0.1, 0.15) is 0 Å². The number of aromatic nitrogens is 2. The maximum atomic E-state index is 12.7. The molecule has 1 amide bonds. The van der Waals surface area contributed by atoms with Crippen LogP contribution in [-0.4, -0.2) is 21.2 Å². The molecule has 6 nitrogen and oxygen atoms in total. The van der Waals surface area contributed by atoms with Crippen molar-refractivity contribution >= 4 is 28.8 Å². The number of hydrogen-bond donors (Lipinski definition) is 4. The number of aromatic amines is 1. The number of fused-ring (bicyclic) bond motifs is 1. The first-order valence-electron chi connectivity index (χ1n) is 9.10. The summed E-state index contributed by atoms with van der Waals surface area (Å²) in [5.74, 6) is -0.182. The van der Waals surface area contributed by atoms with Crippen LogP contribution in [0.3, 0.4) is 0 Å². The van der Waals surface area contributed by atoms with Crippen molar-refractivity contribution in [1.29, 1.82) is 0 Å². The van der Waals surface area contributed by atoms with Gasteiger partial charge in [0, 0.05) is 28.0 Å². The molecule has 0 aliphatic carbocycles. The van der Waals surface area contributed by atoms with Gasteiger partial charge in [-0.2, -0.15) is 5.10 Å². The van der Waals surface area contributed by atoms with Crippen molar-refractivity contribution < 1.29 is 9.90 Å². The molecule has 1 aromatic heterocycles. The quantitative estimate of drug-likeness (QED) is 0.368. The summed E-state index contributed by atoms with van der Waals surface area (Å²) in [6.45, 7) is 0.290. The van der Waals surface area contributed by atoms with Crippen LogP contribution in [0.1, 0.15) is 21.5 Å². The van der Waals surface area contributed by atoms with Gasteiger partial charge in [0.2, 0.25) is 0 Å². The molecule has 5 N–H and O–H groups in total. The Balaban J connectivity index is 1.60. The molecule has 0 saturated heterocycles. The first-order valence-corrected chi connectivity index (χ1v) is 9.98.